The fourth-order valence-electron chi connectivity index (χ4n) is 1.82. The van der Waals surface area contributed by atoms with Gasteiger partial charge in [-0.1, -0.05) is 13.0 Å². The third kappa shape index (κ3) is 3.66. The quantitative estimate of drug-likeness (QED) is 0.840. The highest BCUT2D eigenvalue weighted by molar-refractivity contribution is 5.75. The number of carboxylic acid groups (broad SMARTS) is 1. The molecular formula is C12H10F6O3. The number of halogens is 6. The molecule has 0 aliphatic rings. The van der Waals surface area contributed by atoms with Crippen LogP contribution >= 0.6 is 0 Å². The summed E-state index contributed by atoms with van der Waals surface area (Å²) < 4.78 is 77.1. The van der Waals surface area contributed by atoms with Crippen molar-refractivity contribution in [1.29, 1.82) is 0 Å². The lowest BCUT2D eigenvalue weighted by Gasteiger charge is -2.21. The maximum atomic E-state index is 12.9. The van der Waals surface area contributed by atoms with E-state index in [1.54, 1.807) is 0 Å². The molecule has 0 aliphatic heterocycles. The summed E-state index contributed by atoms with van der Waals surface area (Å²) in [6.45, 7) is 1.39. The van der Waals surface area contributed by atoms with Gasteiger partial charge in [-0.25, -0.2) is 4.79 Å². The van der Waals surface area contributed by atoms with Crippen LogP contribution in [0.3, 0.4) is 0 Å². The minimum atomic E-state index is -5.46. The maximum Gasteiger partial charge on any atom is 0.417 e. The fourth-order valence-corrected chi connectivity index (χ4v) is 1.82. The zero-order valence-electron chi connectivity index (χ0n) is 10.5. The van der Waals surface area contributed by atoms with Crippen LogP contribution in [0.4, 0.5) is 26.3 Å². The van der Waals surface area contributed by atoms with Crippen molar-refractivity contribution in [2.45, 2.75) is 31.8 Å². The number of hydrogen-bond acceptors (Lipinski definition) is 2. The molecule has 1 atom stereocenters. The average Bonchev–Trinajstić information content (AvgIpc) is 2.33. The molecule has 9 heteroatoms. The van der Waals surface area contributed by atoms with Gasteiger partial charge < -0.3 is 10.2 Å². The number of rotatable bonds is 3. The number of carboxylic acids is 1. The molecule has 0 saturated carbocycles. The molecule has 0 fully saturated rings. The van der Waals surface area contributed by atoms with Gasteiger partial charge in [-0.15, -0.1) is 0 Å². The highest BCUT2D eigenvalue weighted by atomic mass is 19.4. The van der Waals surface area contributed by atoms with Gasteiger partial charge in [-0.2, -0.15) is 26.3 Å². The Bertz CT molecular complexity index is 547. The molecule has 2 N–H and O–H groups in total. The highest BCUT2D eigenvalue weighted by Crippen LogP contribution is 2.44. The molecule has 118 valence electrons. The van der Waals surface area contributed by atoms with E-state index in [-0.39, 0.29) is 12.0 Å². The van der Waals surface area contributed by atoms with Gasteiger partial charge >= 0.3 is 18.3 Å². The normalized spacial score (nSPS) is 14.1. The number of alkyl halides is 6. The van der Waals surface area contributed by atoms with E-state index in [9.17, 15) is 36.2 Å². The van der Waals surface area contributed by atoms with Gasteiger partial charge in [0, 0.05) is 5.56 Å². The summed E-state index contributed by atoms with van der Waals surface area (Å²) in [6, 6.07) is 0.928. The first kappa shape index (κ1) is 17.3. The third-order valence-electron chi connectivity index (χ3n) is 2.75. The number of benzene rings is 1. The van der Waals surface area contributed by atoms with Crippen LogP contribution in [-0.4, -0.2) is 16.2 Å². The molecule has 1 unspecified atom stereocenters. The third-order valence-corrected chi connectivity index (χ3v) is 2.75. The molecule has 0 amide bonds. The van der Waals surface area contributed by atoms with Gasteiger partial charge in [0.15, 0.2) is 6.10 Å². The molecule has 3 nitrogen and oxygen atoms in total. The van der Waals surface area contributed by atoms with Crippen molar-refractivity contribution in [3.05, 3.63) is 34.4 Å². The average molecular weight is 316 g/mol. The number of aliphatic hydroxyl groups is 1. The van der Waals surface area contributed by atoms with Crippen LogP contribution in [0, 0.1) is 0 Å². The second-order valence-electron chi connectivity index (χ2n) is 4.20. The van der Waals surface area contributed by atoms with Gasteiger partial charge in [0.25, 0.3) is 0 Å². The predicted molar refractivity (Wildman–Crippen MR) is 58.4 cm³/mol. The molecular weight excluding hydrogens is 306 g/mol. The minimum absolute atomic E-state index is 0.0550. The Morgan fingerprint density at radius 2 is 1.67 bits per heavy atom. The Hall–Kier alpha value is -1.77. The lowest BCUT2D eigenvalue weighted by molar-refractivity contribution is -0.164. The Morgan fingerprint density at radius 3 is 2.00 bits per heavy atom. The zero-order chi connectivity index (χ0) is 16.6. The number of aliphatic carboxylic acids is 1. The van der Waals surface area contributed by atoms with Crippen LogP contribution < -0.4 is 0 Å². The van der Waals surface area contributed by atoms with E-state index < -0.39 is 41.1 Å². The second kappa shape index (κ2) is 5.55. The molecule has 0 radical (unpaired) electrons. The van der Waals surface area contributed by atoms with Crippen molar-refractivity contribution in [2.75, 3.05) is 0 Å². The van der Waals surface area contributed by atoms with E-state index in [0.717, 1.165) is 0 Å². The topological polar surface area (TPSA) is 57.5 Å². The van der Waals surface area contributed by atoms with Gasteiger partial charge in [-0.05, 0) is 18.1 Å². The summed E-state index contributed by atoms with van der Waals surface area (Å²) in [6.07, 6.45) is -13.5. The predicted octanol–water partition coefficient (Wildman–Crippen LogP) is 3.40. The number of aliphatic hydroxyl groups excluding tert-OH is 1. The molecule has 1 rings (SSSR count). The van der Waals surface area contributed by atoms with Gasteiger partial charge in [0.05, 0.1) is 11.1 Å². The molecule has 0 aliphatic carbocycles. The van der Waals surface area contributed by atoms with Crippen molar-refractivity contribution in [3.63, 3.8) is 0 Å². The Labute approximate surface area is 114 Å². The standard InChI is InChI=1S/C12H10F6O3/c1-2-5-3-6(9(19)10(20)21)8(12(16,17)18)7(4-5)11(13,14)15/h3-4,9,19H,2H2,1H3,(H,20,21). The van der Waals surface area contributed by atoms with Crippen molar-refractivity contribution < 1.29 is 41.4 Å². The molecule has 0 aromatic heterocycles. The molecule has 21 heavy (non-hydrogen) atoms. The summed E-state index contributed by atoms with van der Waals surface area (Å²) in [5.74, 6) is -2.07. The van der Waals surface area contributed by atoms with E-state index >= 15 is 0 Å². The maximum absolute atomic E-state index is 12.9. The van der Waals surface area contributed by atoms with E-state index in [1.165, 1.54) is 6.92 Å². The monoisotopic (exact) mass is 316 g/mol. The van der Waals surface area contributed by atoms with Crippen LogP contribution in [0.2, 0.25) is 0 Å². The van der Waals surface area contributed by atoms with E-state index in [1.807, 2.05) is 0 Å². The number of carbonyl (C=O) groups is 1. The van der Waals surface area contributed by atoms with Gasteiger partial charge in [0.1, 0.15) is 0 Å². The van der Waals surface area contributed by atoms with Gasteiger partial charge in [-0.3, -0.25) is 0 Å². The minimum Gasteiger partial charge on any atom is -0.479 e. The summed E-state index contributed by atoms with van der Waals surface area (Å²) in [4.78, 5) is 10.6. The first-order valence-corrected chi connectivity index (χ1v) is 5.61. The van der Waals surface area contributed by atoms with E-state index in [0.29, 0.717) is 12.1 Å². The lowest BCUT2D eigenvalue weighted by Crippen LogP contribution is -2.23. The van der Waals surface area contributed by atoms with Crippen LogP contribution in [0.15, 0.2) is 12.1 Å². The molecule has 0 spiro atoms. The summed E-state index contributed by atoms with van der Waals surface area (Å²) in [5, 5.41) is 17.9. The first-order valence-electron chi connectivity index (χ1n) is 5.61. The number of hydrogen-bond donors (Lipinski definition) is 2. The molecule has 1 aromatic carbocycles. The largest absolute Gasteiger partial charge is 0.479 e. The van der Waals surface area contributed by atoms with E-state index in [2.05, 4.69) is 0 Å². The first-order chi connectivity index (χ1) is 9.39. The van der Waals surface area contributed by atoms with Crippen molar-refractivity contribution in [3.8, 4) is 0 Å². The van der Waals surface area contributed by atoms with Crippen molar-refractivity contribution in [2.24, 2.45) is 0 Å². The Balaban J connectivity index is 3.79. The lowest BCUT2D eigenvalue weighted by atomic mass is 9.92. The summed E-state index contributed by atoms with van der Waals surface area (Å²) in [7, 11) is 0. The van der Waals surface area contributed by atoms with Crippen molar-refractivity contribution in [1.82, 2.24) is 0 Å². The summed E-state index contributed by atoms with van der Waals surface area (Å²) >= 11 is 0. The highest BCUT2D eigenvalue weighted by Gasteiger charge is 2.46. The molecule has 1 aromatic rings. The second-order valence-corrected chi connectivity index (χ2v) is 4.20. The zero-order valence-corrected chi connectivity index (χ0v) is 10.5. The Kier molecular flexibility index (Phi) is 4.57. The summed E-state index contributed by atoms with van der Waals surface area (Å²) in [5.41, 5.74) is -5.67. The fraction of sp³-hybridized carbons (Fsp3) is 0.417. The molecule has 0 heterocycles. The molecule has 0 bridgehead atoms. The SMILES string of the molecule is CCc1cc(C(O)C(=O)O)c(C(F)(F)F)c(C(F)(F)F)c1. The van der Waals surface area contributed by atoms with Crippen LogP contribution in [0.25, 0.3) is 0 Å². The Morgan fingerprint density at radius 1 is 1.14 bits per heavy atom. The van der Waals surface area contributed by atoms with E-state index in [4.69, 9.17) is 5.11 Å². The van der Waals surface area contributed by atoms with Crippen LogP contribution in [0.5, 0.6) is 0 Å². The molecule has 0 saturated heterocycles. The van der Waals surface area contributed by atoms with Gasteiger partial charge in [0.2, 0.25) is 0 Å². The van der Waals surface area contributed by atoms with Crippen LogP contribution in [0.1, 0.15) is 35.3 Å². The van der Waals surface area contributed by atoms with Crippen LogP contribution in [-0.2, 0) is 23.6 Å². The van der Waals surface area contributed by atoms with Crippen molar-refractivity contribution >= 4 is 5.97 Å². The smallest absolute Gasteiger partial charge is 0.417 e. The number of aryl methyl sites for hydroxylation is 1.